The summed E-state index contributed by atoms with van der Waals surface area (Å²) in [6.45, 7) is 5.43. The third-order valence-corrected chi connectivity index (χ3v) is 8.46. The van der Waals surface area contributed by atoms with Crippen molar-refractivity contribution in [1.82, 2.24) is 9.47 Å². The predicted octanol–water partition coefficient (Wildman–Crippen LogP) is 7.67. The average Bonchev–Trinajstić information content (AvgIpc) is 3.35. The molecule has 1 aromatic heterocycles. The van der Waals surface area contributed by atoms with E-state index in [0.717, 1.165) is 71.6 Å². The van der Waals surface area contributed by atoms with E-state index in [9.17, 15) is 24.9 Å². The third-order valence-electron chi connectivity index (χ3n) is 8.46. The fourth-order valence-corrected chi connectivity index (χ4v) is 6.13. The lowest BCUT2D eigenvalue weighted by Crippen LogP contribution is -2.42. The van der Waals surface area contributed by atoms with Crippen molar-refractivity contribution >= 4 is 44.9 Å². The van der Waals surface area contributed by atoms with Crippen LogP contribution in [0, 0.1) is 16.0 Å². The van der Waals surface area contributed by atoms with Crippen molar-refractivity contribution in [2.24, 2.45) is 11.1 Å². The number of oxime groups is 1. The zero-order valence-electron chi connectivity index (χ0n) is 24.8. The summed E-state index contributed by atoms with van der Waals surface area (Å²) in [5.74, 6) is -0.656. The molecule has 1 N–H and O–H groups in total. The number of likely N-dealkylation sites (tertiary alicyclic amines) is 1. The fourth-order valence-electron chi connectivity index (χ4n) is 6.13. The largest absolute Gasteiger partial charge is 0.411 e. The molecule has 4 aromatic rings. The maximum absolute atomic E-state index is 13.4. The highest BCUT2D eigenvalue weighted by Crippen LogP contribution is 2.34. The molecule has 9 nitrogen and oxygen atoms in total. The number of aromatic nitrogens is 1. The molecule has 224 valence electrons. The van der Waals surface area contributed by atoms with Crippen LogP contribution in [-0.4, -0.2) is 50.1 Å². The molecule has 1 saturated heterocycles. The summed E-state index contributed by atoms with van der Waals surface area (Å²) in [6.07, 6.45) is 8.03. The number of carbonyl (C=O) groups excluding carboxylic acids is 2. The number of ketones is 1. The van der Waals surface area contributed by atoms with Crippen molar-refractivity contribution in [2.45, 2.75) is 65.2 Å². The van der Waals surface area contributed by atoms with Gasteiger partial charge < -0.3 is 14.7 Å². The summed E-state index contributed by atoms with van der Waals surface area (Å²) in [6, 6.07) is 17.4. The van der Waals surface area contributed by atoms with Crippen molar-refractivity contribution in [3.63, 3.8) is 0 Å². The smallest absolute Gasteiger partial charge is 0.294 e. The molecule has 0 radical (unpaired) electrons. The molecule has 9 heteroatoms. The monoisotopic (exact) mass is 582 g/mol. The maximum Gasteiger partial charge on any atom is 0.294 e. The number of piperidine rings is 1. The fraction of sp³-hybridized carbons (Fsp3) is 0.382. The van der Waals surface area contributed by atoms with E-state index in [4.69, 9.17) is 0 Å². The number of hydrogen-bond donors (Lipinski definition) is 1. The minimum atomic E-state index is -0.534. The van der Waals surface area contributed by atoms with Crippen LogP contribution in [0.15, 0.2) is 65.8 Å². The van der Waals surface area contributed by atoms with E-state index in [1.165, 1.54) is 18.6 Å². The van der Waals surface area contributed by atoms with Gasteiger partial charge >= 0.3 is 0 Å². The van der Waals surface area contributed by atoms with E-state index < -0.39 is 16.6 Å². The first-order valence-corrected chi connectivity index (χ1v) is 15.2. The van der Waals surface area contributed by atoms with Gasteiger partial charge in [0, 0.05) is 52.8 Å². The van der Waals surface area contributed by atoms with Gasteiger partial charge in [0.15, 0.2) is 0 Å². The Bertz CT molecular complexity index is 1690. The van der Waals surface area contributed by atoms with E-state index in [1.54, 1.807) is 29.2 Å². The van der Waals surface area contributed by atoms with E-state index in [0.29, 0.717) is 36.7 Å². The molecular formula is C34H38N4O5. The van der Waals surface area contributed by atoms with Gasteiger partial charge in [0.05, 0.1) is 21.7 Å². The van der Waals surface area contributed by atoms with Crippen LogP contribution in [0.2, 0.25) is 0 Å². The highest BCUT2D eigenvalue weighted by Gasteiger charge is 2.27. The zero-order chi connectivity index (χ0) is 30.5. The number of rotatable bonds is 11. The van der Waals surface area contributed by atoms with Gasteiger partial charge in [-0.05, 0) is 74.1 Å². The molecule has 1 amide bonds. The molecule has 43 heavy (non-hydrogen) atoms. The SMILES string of the molecule is CCCCCCCC(=NO)c1ccc2c(c1)c1cc(C(=O)C(=O)N3CCCC(C)C3)ccc1n2-c1ccc([N+](=O)[O-])cc1. The van der Waals surface area contributed by atoms with Gasteiger partial charge in [-0.2, -0.15) is 0 Å². The zero-order valence-corrected chi connectivity index (χ0v) is 24.8. The van der Waals surface area contributed by atoms with Crippen LogP contribution < -0.4 is 0 Å². The lowest BCUT2D eigenvalue weighted by Gasteiger charge is -2.30. The number of nitrogens with zero attached hydrogens (tertiary/aromatic N) is 4. The Morgan fingerprint density at radius 2 is 1.60 bits per heavy atom. The lowest BCUT2D eigenvalue weighted by atomic mass is 9.98. The molecule has 3 aromatic carbocycles. The lowest BCUT2D eigenvalue weighted by molar-refractivity contribution is -0.384. The highest BCUT2D eigenvalue weighted by molar-refractivity contribution is 6.43. The second kappa shape index (κ2) is 13.2. The standard InChI is InChI=1S/C34H38N4O5/c1-3-4-5-6-7-10-30(35-41)24-11-17-31-28(20-24)29-21-25(33(39)34(40)36-19-8-9-23(2)22-36)12-18-32(29)37(31)26-13-15-27(16-14-26)38(42)43/h11-18,20-21,23,41H,3-10,19,22H2,1-2H3. The molecule has 2 heterocycles. The van der Waals surface area contributed by atoms with Crippen LogP contribution >= 0.6 is 0 Å². The number of nitro benzene ring substituents is 1. The number of nitro groups is 1. The third kappa shape index (κ3) is 6.30. The molecule has 1 fully saturated rings. The molecule has 1 aliphatic heterocycles. The van der Waals surface area contributed by atoms with E-state index in [1.807, 2.05) is 28.8 Å². The molecule has 1 aliphatic rings. The van der Waals surface area contributed by atoms with Gasteiger partial charge in [-0.1, -0.05) is 50.8 Å². The van der Waals surface area contributed by atoms with Gasteiger partial charge in [-0.3, -0.25) is 19.7 Å². The normalized spacial score (nSPS) is 15.7. The van der Waals surface area contributed by atoms with Crippen molar-refractivity contribution in [1.29, 1.82) is 0 Å². The maximum atomic E-state index is 13.4. The molecule has 0 spiro atoms. The van der Waals surface area contributed by atoms with Crippen LogP contribution in [0.1, 0.15) is 81.1 Å². The number of hydrogen-bond acceptors (Lipinski definition) is 6. The first-order valence-electron chi connectivity index (χ1n) is 15.2. The number of carbonyl (C=O) groups is 2. The Labute approximate surface area is 250 Å². The average molecular weight is 583 g/mol. The number of Topliss-reactive ketones (excluding diaryl/α,β-unsaturated/α-hetero) is 1. The molecular weight excluding hydrogens is 544 g/mol. The number of benzene rings is 3. The van der Waals surface area contributed by atoms with Gasteiger partial charge in [0.2, 0.25) is 5.78 Å². The topological polar surface area (TPSA) is 118 Å². The van der Waals surface area contributed by atoms with Crippen LogP contribution in [0.4, 0.5) is 5.69 Å². The Morgan fingerprint density at radius 1 is 0.953 bits per heavy atom. The van der Waals surface area contributed by atoms with E-state index in [-0.39, 0.29) is 5.69 Å². The second-order valence-corrected chi connectivity index (χ2v) is 11.6. The van der Waals surface area contributed by atoms with Crippen LogP contribution in [0.3, 0.4) is 0 Å². The molecule has 1 unspecified atom stereocenters. The van der Waals surface area contributed by atoms with Gasteiger partial charge in [0.1, 0.15) is 0 Å². The van der Waals surface area contributed by atoms with Crippen molar-refractivity contribution in [3.05, 3.63) is 81.9 Å². The second-order valence-electron chi connectivity index (χ2n) is 11.6. The van der Waals surface area contributed by atoms with Gasteiger partial charge in [0.25, 0.3) is 11.6 Å². The summed E-state index contributed by atoms with van der Waals surface area (Å²) in [5, 5.41) is 26.4. The van der Waals surface area contributed by atoms with Gasteiger partial charge in [-0.25, -0.2) is 0 Å². The van der Waals surface area contributed by atoms with Crippen LogP contribution in [0.25, 0.3) is 27.5 Å². The number of amides is 1. The quantitative estimate of drug-likeness (QED) is 0.0370. The Hall–Kier alpha value is -4.53. The number of fused-ring (bicyclic) bond motifs is 3. The molecule has 5 rings (SSSR count). The Balaban J connectivity index is 1.58. The minimum Gasteiger partial charge on any atom is -0.411 e. The Kier molecular flexibility index (Phi) is 9.19. The number of unbranched alkanes of at least 4 members (excludes halogenated alkanes) is 4. The first kappa shape index (κ1) is 29.9. The number of non-ortho nitro benzene ring substituents is 1. The molecule has 0 aliphatic carbocycles. The van der Waals surface area contributed by atoms with Crippen molar-refractivity contribution < 1.29 is 19.7 Å². The Morgan fingerprint density at radius 3 is 2.23 bits per heavy atom. The summed E-state index contributed by atoms with van der Waals surface area (Å²) in [4.78, 5) is 39.1. The van der Waals surface area contributed by atoms with E-state index in [2.05, 4.69) is 19.0 Å². The molecule has 1 atom stereocenters. The molecule has 0 saturated carbocycles. The van der Waals surface area contributed by atoms with Crippen LogP contribution in [0.5, 0.6) is 0 Å². The van der Waals surface area contributed by atoms with Crippen molar-refractivity contribution in [3.8, 4) is 5.69 Å². The highest BCUT2D eigenvalue weighted by atomic mass is 16.6. The summed E-state index contributed by atoms with van der Waals surface area (Å²) >= 11 is 0. The van der Waals surface area contributed by atoms with Crippen LogP contribution in [-0.2, 0) is 4.79 Å². The summed E-state index contributed by atoms with van der Waals surface area (Å²) in [7, 11) is 0. The predicted molar refractivity (Wildman–Crippen MR) is 168 cm³/mol. The van der Waals surface area contributed by atoms with E-state index >= 15 is 0 Å². The minimum absolute atomic E-state index is 0.00651. The first-order chi connectivity index (χ1) is 20.8. The van der Waals surface area contributed by atoms with Gasteiger partial charge in [-0.15, -0.1) is 0 Å². The summed E-state index contributed by atoms with van der Waals surface area (Å²) in [5.41, 5.74) is 4.03. The molecule has 0 bridgehead atoms. The van der Waals surface area contributed by atoms with Crippen molar-refractivity contribution in [2.75, 3.05) is 13.1 Å². The summed E-state index contributed by atoms with van der Waals surface area (Å²) < 4.78 is 1.99.